The van der Waals surface area contributed by atoms with Crippen LogP contribution in [0.25, 0.3) is 0 Å². The van der Waals surface area contributed by atoms with Crippen molar-refractivity contribution in [3.63, 3.8) is 0 Å². The van der Waals surface area contributed by atoms with Crippen molar-refractivity contribution in [3.05, 3.63) is 48.6 Å². The van der Waals surface area contributed by atoms with Crippen molar-refractivity contribution in [1.82, 2.24) is 0 Å². The molecule has 0 spiro atoms. The van der Waals surface area contributed by atoms with E-state index in [9.17, 15) is 0 Å². The molecule has 1 aromatic rings. The van der Waals surface area contributed by atoms with Gasteiger partial charge >= 0.3 is 0 Å². The normalized spacial score (nSPS) is 15.3. The third kappa shape index (κ3) is 4.96. The smallest absolute Gasteiger partial charge is 0.0842 e. The van der Waals surface area contributed by atoms with Gasteiger partial charge in [-0.1, -0.05) is 69.9 Å². The second kappa shape index (κ2) is 7.06. The molecule has 0 aliphatic heterocycles. The van der Waals surface area contributed by atoms with Crippen LogP contribution in [0.3, 0.4) is 0 Å². The summed E-state index contributed by atoms with van der Waals surface area (Å²) in [5.74, 6) is 0.514. The van der Waals surface area contributed by atoms with Crippen LogP contribution in [0, 0.1) is 5.92 Å². The first-order valence-corrected chi connectivity index (χ1v) is 10.7. The number of hydrogen-bond donors (Lipinski definition) is 0. The van der Waals surface area contributed by atoms with E-state index in [0.29, 0.717) is 5.92 Å². The van der Waals surface area contributed by atoms with E-state index in [0.717, 1.165) is 6.42 Å². The minimum atomic E-state index is -1.42. The number of benzene rings is 1. The van der Waals surface area contributed by atoms with E-state index in [1.807, 2.05) is 6.08 Å². The highest BCUT2D eigenvalue weighted by Gasteiger charge is 2.31. The molecule has 1 rings (SSSR count). The molecule has 1 aromatic carbocycles. The highest BCUT2D eigenvalue weighted by molar-refractivity contribution is 6.77. The molecule has 106 valence electrons. The average molecular weight is 276 g/mol. The van der Waals surface area contributed by atoms with Gasteiger partial charge in [0, 0.05) is 0 Å². The molecule has 0 bridgehead atoms. The lowest BCUT2D eigenvalue weighted by molar-refractivity contribution is -0.00176. The van der Waals surface area contributed by atoms with Gasteiger partial charge in [0.25, 0.3) is 0 Å². The van der Waals surface area contributed by atoms with E-state index in [4.69, 9.17) is 4.74 Å². The fourth-order valence-electron chi connectivity index (χ4n) is 2.23. The molecule has 0 radical (unpaired) electrons. The van der Waals surface area contributed by atoms with Gasteiger partial charge in [-0.15, -0.1) is 6.58 Å². The highest BCUT2D eigenvalue weighted by atomic mass is 28.3. The van der Waals surface area contributed by atoms with E-state index in [-0.39, 0.29) is 11.8 Å². The lowest BCUT2D eigenvalue weighted by Gasteiger charge is -2.34. The Hall–Kier alpha value is -0.863. The highest BCUT2D eigenvalue weighted by Crippen LogP contribution is 2.31. The first kappa shape index (κ1) is 16.2. The van der Waals surface area contributed by atoms with Crippen LogP contribution in [-0.4, -0.2) is 14.2 Å². The Morgan fingerprint density at radius 3 is 2.16 bits per heavy atom. The van der Waals surface area contributed by atoms with Gasteiger partial charge < -0.3 is 4.74 Å². The Morgan fingerprint density at radius 1 is 1.16 bits per heavy atom. The topological polar surface area (TPSA) is 9.23 Å². The number of ether oxygens (including phenoxy) is 1. The predicted molar refractivity (Wildman–Crippen MR) is 87.1 cm³/mol. The van der Waals surface area contributed by atoms with Gasteiger partial charge in [-0.05, 0) is 17.9 Å². The number of hydrogen-bond acceptors (Lipinski definition) is 1. The summed E-state index contributed by atoms with van der Waals surface area (Å²) in [6.07, 6.45) is 3.15. The van der Waals surface area contributed by atoms with Crippen molar-refractivity contribution < 1.29 is 4.74 Å². The van der Waals surface area contributed by atoms with Crippen LogP contribution >= 0.6 is 0 Å². The van der Waals surface area contributed by atoms with Gasteiger partial charge in [0.1, 0.15) is 0 Å². The van der Waals surface area contributed by atoms with Gasteiger partial charge in [0.05, 0.1) is 19.9 Å². The standard InChI is InChI=1S/C17H28OSi/c1-7-11-16(14(2)3)18-17(19(4,5)6)15-12-9-8-10-13-15/h7-10,12-14,16-17H,1,11H2,2-6H3/t16-,17-/m0/s1. The molecule has 0 aliphatic carbocycles. The molecular weight excluding hydrogens is 248 g/mol. The summed E-state index contributed by atoms with van der Waals surface area (Å²) < 4.78 is 6.49. The zero-order chi connectivity index (χ0) is 14.5. The summed E-state index contributed by atoms with van der Waals surface area (Å²) in [5.41, 5.74) is 1.57. The van der Waals surface area contributed by atoms with Crippen molar-refractivity contribution in [3.8, 4) is 0 Å². The summed E-state index contributed by atoms with van der Waals surface area (Å²) in [7, 11) is -1.42. The summed E-state index contributed by atoms with van der Waals surface area (Å²) in [6, 6.07) is 10.6. The monoisotopic (exact) mass is 276 g/mol. The fourth-order valence-corrected chi connectivity index (χ4v) is 4.01. The summed E-state index contributed by atoms with van der Waals surface area (Å²) in [6.45, 7) is 15.4. The van der Waals surface area contributed by atoms with Crippen molar-refractivity contribution in [2.75, 3.05) is 0 Å². The molecule has 0 heterocycles. The summed E-state index contributed by atoms with van der Waals surface area (Å²) in [5, 5.41) is 0. The molecule has 2 heteroatoms. The maximum atomic E-state index is 6.49. The maximum Gasteiger partial charge on any atom is 0.0842 e. The van der Waals surface area contributed by atoms with Crippen LogP contribution < -0.4 is 0 Å². The van der Waals surface area contributed by atoms with Crippen LogP contribution in [0.2, 0.25) is 19.6 Å². The lowest BCUT2D eigenvalue weighted by Crippen LogP contribution is -2.37. The third-order valence-electron chi connectivity index (χ3n) is 3.34. The maximum absolute atomic E-state index is 6.49. The van der Waals surface area contributed by atoms with Crippen LogP contribution in [0.5, 0.6) is 0 Å². The Bertz CT molecular complexity index is 378. The first-order chi connectivity index (χ1) is 8.86. The molecule has 0 aromatic heterocycles. The van der Waals surface area contributed by atoms with Gasteiger partial charge in [-0.3, -0.25) is 0 Å². The second-order valence-corrected chi connectivity index (χ2v) is 11.9. The molecule has 0 amide bonds. The average Bonchev–Trinajstić information content (AvgIpc) is 2.33. The molecule has 2 atom stereocenters. The van der Waals surface area contributed by atoms with E-state index in [1.165, 1.54) is 5.56 Å². The van der Waals surface area contributed by atoms with Crippen molar-refractivity contribution in [2.45, 2.75) is 51.7 Å². The summed E-state index contributed by atoms with van der Waals surface area (Å²) in [4.78, 5) is 0. The van der Waals surface area contributed by atoms with E-state index in [1.54, 1.807) is 0 Å². The predicted octanol–water partition coefficient (Wildman–Crippen LogP) is 5.22. The van der Waals surface area contributed by atoms with E-state index < -0.39 is 8.07 Å². The van der Waals surface area contributed by atoms with Crippen LogP contribution in [0.15, 0.2) is 43.0 Å². The first-order valence-electron chi connectivity index (χ1n) is 7.17. The van der Waals surface area contributed by atoms with Crippen molar-refractivity contribution >= 4 is 8.07 Å². The third-order valence-corrected chi connectivity index (χ3v) is 5.38. The fraction of sp³-hybridized carbons (Fsp3) is 0.529. The van der Waals surface area contributed by atoms with Gasteiger partial charge in [-0.25, -0.2) is 0 Å². The Morgan fingerprint density at radius 2 is 1.74 bits per heavy atom. The Balaban J connectivity index is 2.96. The number of rotatable bonds is 7. The lowest BCUT2D eigenvalue weighted by atomic mass is 10.0. The van der Waals surface area contributed by atoms with Gasteiger partial charge in [0.15, 0.2) is 0 Å². The molecule has 0 saturated heterocycles. The Labute approximate surface area is 119 Å². The summed E-state index contributed by atoms with van der Waals surface area (Å²) >= 11 is 0. The largest absolute Gasteiger partial charge is 0.373 e. The minimum Gasteiger partial charge on any atom is -0.373 e. The molecular formula is C17H28OSi. The van der Waals surface area contributed by atoms with Crippen LogP contribution in [0.4, 0.5) is 0 Å². The zero-order valence-corrected chi connectivity index (χ0v) is 14.0. The van der Waals surface area contributed by atoms with Crippen molar-refractivity contribution in [1.29, 1.82) is 0 Å². The van der Waals surface area contributed by atoms with E-state index in [2.05, 4.69) is 70.4 Å². The van der Waals surface area contributed by atoms with Gasteiger partial charge in [0.2, 0.25) is 0 Å². The molecule has 0 fully saturated rings. The minimum absolute atomic E-state index is 0.251. The zero-order valence-electron chi connectivity index (χ0n) is 13.0. The van der Waals surface area contributed by atoms with Crippen LogP contribution in [-0.2, 0) is 4.74 Å². The van der Waals surface area contributed by atoms with E-state index >= 15 is 0 Å². The molecule has 0 saturated carbocycles. The SMILES string of the molecule is C=CC[C@H](O[C@H](c1ccccc1)[Si](C)(C)C)C(C)C. The van der Waals surface area contributed by atoms with Crippen molar-refractivity contribution in [2.24, 2.45) is 5.92 Å². The molecule has 0 N–H and O–H groups in total. The van der Waals surface area contributed by atoms with Gasteiger partial charge in [-0.2, -0.15) is 0 Å². The molecule has 1 nitrogen and oxygen atoms in total. The second-order valence-electron chi connectivity index (χ2n) is 6.60. The molecule has 19 heavy (non-hydrogen) atoms. The molecule has 0 aliphatic rings. The molecule has 0 unspecified atom stereocenters. The Kier molecular flexibility index (Phi) is 6.02. The van der Waals surface area contributed by atoms with Crippen LogP contribution in [0.1, 0.15) is 31.6 Å². The quantitative estimate of drug-likeness (QED) is 0.490.